The smallest absolute Gasteiger partial charge is 0.222 e. The Kier molecular flexibility index (Phi) is 8.58. The lowest BCUT2D eigenvalue weighted by Crippen LogP contribution is -2.34. The fourth-order valence-corrected chi connectivity index (χ4v) is 2.51. The number of nitrogens with one attached hydrogen (secondary N) is 2. The fourth-order valence-electron chi connectivity index (χ4n) is 2.08. The van der Waals surface area contributed by atoms with Gasteiger partial charge in [0.05, 0.1) is 0 Å². The van der Waals surface area contributed by atoms with Crippen molar-refractivity contribution in [3.05, 3.63) is 0 Å². The molecule has 1 rings (SSSR count). The quantitative estimate of drug-likeness (QED) is 0.384. The summed E-state index contributed by atoms with van der Waals surface area (Å²) in [7, 11) is 0. The molecule has 1 amide bonds. The minimum absolute atomic E-state index is 0.297. The zero-order chi connectivity index (χ0) is 13.2. The van der Waals surface area contributed by atoms with Gasteiger partial charge >= 0.3 is 0 Å². The van der Waals surface area contributed by atoms with Gasteiger partial charge in [0.25, 0.3) is 0 Å². The van der Waals surface area contributed by atoms with Gasteiger partial charge in [-0.1, -0.05) is 15.9 Å². The molecule has 0 spiro atoms. The first kappa shape index (κ1) is 15.9. The number of alkyl halides is 1. The second-order valence-corrected chi connectivity index (χ2v) is 5.35. The molecule has 1 atom stereocenters. The SMILES string of the molecule is NCCNCCCNCCN1CC(CBr)CC1=O. The van der Waals surface area contributed by atoms with Crippen molar-refractivity contribution in [3.8, 4) is 0 Å². The number of rotatable bonds is 10. The van der Waals surface area contributed by atoms with Crippen LogP contribution in [0.2, 0.25) is 0 Å². The molecular formula is C12H25BrN4O. The summed E-state index contributed by atoms with van der Waals surface area (Å²) >= 11 is 3.44. The maximum absolute atomic E-state index is 11.6. The minimum Gasteiger partial charge on any atom is -0.341 e. The van der Waals surface area contributed by atoms with Crippen molar-refractivity contribution in [2.75, 3.05) is 51.1 Å². The first-order valence-corrected chi connectivity index (χ1v) is 7.85. The lowest BCUT2D eigenvalue weighted by Gasteiger charge is -2.16. The number of nitrogens with two attached hydrogens (primary N) is 1. The van der Waals surface area contributed by atoms with E-state index in [4.69, 9.17) is 5.73 Å². The Balaban J connectivity index is 1.93. The highest BCUT2D eigenvalue weighted by Gasteiger charge is 2.27. The lowest BCUT2D eigenvalue weighted by molar-refractivity contribution is -0.127. The Morgan fingerprint density at radius 2 is 2.00 bits per heavy atom. The van der Waals surface area contributed by atoms with Gasteiger partial charge in [-0.25, -0.2) is 0 Å². The van der Waals surface area contributed by atoms with Crippen molar-refractivity contribution in [3.63, 3.8) is 0 Å². The van der Waals surface area contributed by atoms with Crippen molar-refractivity contribution < 1.29 is 4.79 Å². The average molecular weight is 321 g/mol. The largest absolute Gasteiger partial charge is 0.341 e. The number of carbonyl (C=O) groups is 1. The fraction of sp³-hybridized carbons (Fsp3) is 0.917. The van der Waals surface area contributed by atoms with E-state index >= 15 is 0 Å². The van der Waals surface area contributed by atoms with E-state index < -0.39 is 0 Å². The number of hydrogen-bond donors (Lipinski definition) is 3. The predicted octanol–water partition coefficient (Wildman–Crippen LogP) is -0.242. The molecule has 0 aliphatic carbocycles. The van der Waals surface area contributed by atoms with Crippen LogP contribution in [0.15, 0.2) is 0 Å². The lowest BCUT2D eigenvalue weighted by atomic mass is 10.2. The van der Waals surface area contributed by atoms with Crippen LogP contribution in [0.25, 0.3) is 0 Å². The van der Waals surface area contributed by atoms with E-state index in [-0.39, 0.29) is 0 Å². The van der Waals surface area contributed by atoms with Crippen LogP contribution < -0.4 is 16.4 Å². The van der Waals surface area contributed by atoms with E-state index in [9.17, 15) is 4.79 Å². The van der Waals surface area contributed by atoms with Gasteiger partial charge in [-0.3, -0.25) is 4.79 Å². The van der Waals surface area contributed by atoms with E-state index in [1.807, 2.05) is 4.90 Å². The molecule has 1 aliphatic heterocycles. The summed E-state index contributed by atoms with van der Waals surface area (Å²) < 4.78 is 0. The van der Waals surface area contributed by atoms with E-state index in [1.165, 1.54) is 0 Å². The van der Waals surface area contributed by atoms with Gasteiger partial charge in [0.15, 0.2) is 0 Å². The molecule has 1 aliphatic rings. The molecule has 0 bridgehead atoms. The number of amides is 1. The molecule has 1 fully saturated rings. The number of likely N-dealkylation sites (tertiary alicyclic amines) is 1. The molecule has 1 heterocycles. The Morgan fingerprint density at radius 1 is 1.28 bits per heavy atom. The van der Waals surface area contributed by atoms with Gasteiger partial charge in [-0.2, -0.15) is 0 Å². The summed E-state index contributed by atoms with van der Waals surface area (Å²) in [5, 5.41) is 7.54. The van der Waals surface area contributed by atoms with Gasteiger partial charge < -0.3 is 21.3 Å². The molecule has 106 valence electrons. The molecule has 0 aromatic heterocycles. The number of nitrogens with zero attached hydrogens (tertiary/aromatic N) is 1. The number of halogens is 1. The van der Waals surface area contributed by atoms with Crippen LogP contribution >= 0.6 is 15.9 Å². The normalized spacial score (nSPS) is 19.8. The van der Waals surface area contributed by atoms with Crippen LogP contribution in [0, 0.1) is 5.92 Å². The minimum atomic E-state index is 0.297. The van der Waals surface area contributed by atoms with Crippen LogP contribution in [-0.4, -0.2) is 62.0 Å². The summed E-state index contributed by atoms with van der Waals surface area (Å²) in [5.41, 5.74) is 5.38. The van der Waals surface area contributed by atoms with E-state index in [0.29, 0.717) is 24.8 Å². The highest BCUT2D eigenvalue weighted by Crippen LogP contribution is 2.18. The van der Waals surface area contributed by atoms with Crippen LogP contribution in [-0.2, 0) is 4.79 Å². The molecule has 5 nitrogen and oxygen atoms in total. The summed E-state index contributed by atoms with van der Waals surface area (Å²) in [6, 6.07) is 0. The second-order valence-electron chi connectivity index (χ2n) is 4.71. The summed E-state index contributed by atoms with van der Waals surface area (Å²) in [5.74, 6) is 0.795. The highest BCUT2D eigenvalue weighted by molar-refractivity contribution is 9.09. The van der Waals surface area contributed by atoms with Crippen molar-refractivity contribution in [2.45, 2.75) is 12.8 Å². The van der Waals surface area contributed by atoms with Gasteiger partial charge in [0, 0.05) is 44.5 Å². The maximum Gasteiger partial charge on any atom is 0.222 e. The summed E-state index contributed by atoms with van der Waals surface area (Å²) in [6.45, 7) is 6.19. The molecule has 0 radical (unpaired) electrons. The van der Waals surface area contributed by atoms with Crippen molar-refractivity contribution in [1.29, 1.82) is 0 Å². The zero-order valence-electron chi connectivity index (χ0n) is 11.0. The van der Waals surface area contributed by atoms with Crippen LogP contribution in [0.5, 0.6) is 0 Å². The van der Waals surface area contributed by atoms with E-state index in [0.717, 1.165) is 51.0 Å². The van der Waals surface area contributed by atoms with Crippen LogP contribution in [0.1, 0.15) is 12.8 Å². The Bertz CT molecular complexity index is 240. The topological polar surface area (TPSA) is 70.4 Å². The third-order valence-electron chi connectivity index (χ3n) is 3.10. The summed E-state index contributed by atoms with van der Waals surface area (Å²) in [6.07, 6.45) is 1.80. The van der Waals surface area contributed by atoms with Gasteiger partial charge in [-0.05, 0) is 25.4 Å². The third-order valence-corrected chi connectivity index (χ3v) is 4.02. The van der Waals surface area contributed by atoms with E-state index in [1.54, 1.807) is 0 Å². The van der Waals surface area contributed by atoms with Crippen molar-refractivity contribution in [2.24, 2.45) is 11.7 Å². The maximum atomic E-state index is 11.6. The molecular weight excluding hydrogens is 296 g/mol. The second kappa shape index (κ2) is 9.72. The Hall–Kier alpha value is -0.170. The molecule has 1 unspecified atom stereocenters. The van der Waals surface area contributed by atoms with Crippen LogP contribution in [0.3, 0.4) is 0 Å². The zero-order valence-corrected chi connectivity index (χ0v) is 12.5. The first-order valence-electron chi connectivity index (χ1n) is 6.73. The van der Waals surface area contributed by atoms with Gasteiger partial charge in [-0.15, -0.1) is 0 Å². The molecule has 0 aromatic carbocycles. The highest BCUT2D eigenvalue weighted by atomic mass is 79.9. The molecule has 4 N–H and O–H groups in total. The molecule has 18 heavy (non-hydrogen) atoms. The standard InChI is InChI=1S/C12H25BrN4O/c13-9-11-8-12(18)17(10-11)7-6-16-4-1-3-15-5-2-14/h11,15-16H,1-10,14H2. The predicted molar refractivity (Wildman–Crippen MR) is 77.9 cm³/mol. The number of carbonyl (C=O) groups excluding carboxylic acids is 1. The molecule has 0 aromatic rings. The van der Waals surface area contributed by atoms with Gasteiger partial charge in [0.1, 0.15) is 0 Å². The molecule has 6 heteroatoms. The Labute approximate surface area is 118 Å². The Morgan fingerprint density at radius 3 is 2.61 bits per heavy atom. The van der Waals surface area contributed by atoms with Crippen molar-refractivity contribution >= 4 is 21.8 Å². The monoisotopic (exact) mass is 320 g/mol. The van der Waals surface area contributed by atoms with Crippen LogP contribution in [0.4, 0.5) is 0 Å². The molecule has 1 saturated heterocycles. The van der Waals surface area contributed by atoms with E-state index in [2.05, 4.69) is 26.6 Å². The third kappa shape index (κ3) is 6.13. The first-order chi connectivity index (χ1) is 8.77. The average Bonchev–Trinajstić information content (AvgIpc) is 2.73. The summed E-state index contributed by atoms with van der Waals surface area (Å²) in [4.78, 5) is 13.6. The molecule has 0 saturated carbocycles. The number of hydrogen-bond acceptors (Lipinski definition) is 4. The van der Waals surface area contributed by atoms with Gasteiger partial charge in [0.2, 0.25) is 5.91 Å². The van der Waals surface area contributed by atoms with Crippen molar-refractivity contribution in [1.82, 2.24) is 15.5 Å².